The van der Waals surface area contributed by atoms with Crippen molar-refractivity contribution in [3.8, 4) is 0 Å². The van der Waals surface area contributed by atoms with Crippen molar-refractivity contribution in [2.24, 2.45) is 5.10 Å². The van der Waals surface area contributed by atoms with Crippen LogP contribution in [0.15, 0.2) is 5.10 Å². The van der Waals surface area contributed by atoms with Crippen LogP contribution >= 0.6 is 0 Å². The van der Waals surface area contributed by atoms with Crippen LogP contribution in [0.5, 0.6) is 0 Å². The molecule has 112 valence electrons. The van der Waals surface area contributed by atoms with Gasteiger partial charge in [-0.05, 0) is 40.5 Å². The molecule has 2 heterocycles. The van der Waals surface area contributed by atoms with E-state index in [-0.39, 0.29) is 28.9 Å². The Morgan fingerprint density at radius 2 is 1.80 bits per heavy atom. The van der Waals surface area contributed by atoms with E-state index < -0.39 is 0 Å². The van der Waals surface area contributed by atoms with Crippen LogP contribution in [0.1, 0.15) is 53.4 Å². The van der Waals surface area contributed by atoms with Gasteiger partial charge in [0.15, 0.2) is 0 Å². The Kier molecular flexibility index (Phi) is 3.86. The number of carbonyl (C=O) groups excluding carboxylic acids is 2. The van der Waals surface area contributed by atoms with Crippen LogP contribution in [0.4, 0.5) is 0 Å². The van der Waals surface area contributed by atoms with Crippen LogP contribution < -0.4 is 16.1 Å². The van der Waals surface area contributed by atoms with Crippen LogP contribution in [0.25, 0.3) is 0 Å². The third-order valence-corrected chi connectivity index (χ3v) is 3.69. The number of rotatable bonds is 2. The average molecular weight is 280 g/mol. The molecule has 0 atom stereocenters. The van der Waals surface area contributed by atoms with Gasteiger partial charge in [-0.3, -0.25) is 9.59 Å². The molecule has 0 spiro atoms. The minimum absolute atomic E-state index is 0.0116. The Morgan fingerprint density at radius 1 is 1.20 bits per heavy atom. The summed E-state index contributed by atoms with van der Waals surface area (Å²) in [7, 11) is 0. The molecule has 3 N–H and O–H groups in total. The predicted molar refractivity (Wildman–Crippen MR) is 77.3 cm³/mol. The van der Waals surface area contributed by atoms with Gasteiger partial charge in [0.25, 0.3) is 5.91 Å². The summed E-state index contributed by atoms with van der Waals surface area (Å²) >= 11 is 0. The lowest BCUT2D eigenvalue weighted by atomic mass is 9.79. The molecular formula is C14H24N4O2. The van der Waals surface area contributed by atoms with E-state index in [4.69, 9.17) is 0 Å². The van der Waals surface area contributed by atoms with Crippen molar-refractivity contribution in [1.82, 2.24) is 16.1 Å². The van der Waals surface area contributed by atoms with Gasteiger partial charge >= 0.3 is 0 Å². The Balaban J connectivity index is 1.99. The molecule has 0 aromatic carbocycles. The minimum Gasteiger partial charge on any atom is -0.348 e. The van der Waals surface area contributed by atoms with E-state index in [1.54, 1.807) is 0 Å². The van der Waals surface area contributed by atoms with Gasteiger partial charge in [0, 0.05) is 30.0 Å². The van der Waals surface area contributed by atoms with Crippen molar-refractivity contribution in [3.63, 3.8) is 0 Å². The highest BCUT2D eigenvalue weighted by molar-refractivity contribution is 6.39. The monoisotopic (exact) mass is 280 g/mol. The molecule has 0 radical (unpaired) electrons. The Bertz CT molecular complexity index is 438. The standard InChI is InChI=1S/C14H24N4O2/c1-13(2)7-9(8-14(3,4)18-13)15-12(20)10-5-6-11(19)17-16-10/h9,18H,5-8H2,1-4H3,(H,15,20)(H,17,19). The van der Waals surface area contributed by atoms with Crippen molar-refractivity contribution in [2.75, 3.05) is 0 Å². The second-order valence-corrected chi connectivity index (χ2v) is 7.06. The lowest BCUT2D eigenvalue weighted by Gasteiger charge is -2.46. The molecule has 0 aliphatic carbocycles. The van der Waals surface area contributed by atoms with Gasteiger partial charge < -0.3 is 10.6 Å². The van der Waals surface area contributed by atoms with E-state index in [2.05, 4.69) is 48.9 Å². The molecule has 0 saturated carbocycles. The third kappa shape index (κ3) is 3.79. The largest absolute Gasteiger partial charge is 0.348 e. The van der Waals surface area contributed by atoms with Crippen molar-refractivity contribution in [1.29, 1.82) is 0 Å². The van der Waals surface area contributed by atoms with E-state index in [1.165, 1.54) is 0 Å². The van der Waals surface area contributed by atoms with Crippen molar-refractivity contribution in [3.05, 3.63) is 0 Å². The summed E-state index contributed by atoms with van der Waals surface area (Å²) in [4.78, 5) is 23.2. The third-order valence-electron chi connectivity index (χ3n) is 3.69. The van der Waals surface area contributed by atoms with E-state index in [0.29, 0.717) is 18.6 Å². The summed E-state index contributed by atoms with van der Waals surface area (Å²) < 4.78 is 0. The van der Waals surface area contributed by atoms with E-state index >= 15 is 0 Å². The topological polar surface area (TPSA) is 82.6 Å². The molecule has 2 amide bonds. The lowest BCUT2D eigenvalue weighted by Crippen LogP contribution is -2.62. The molecule has 2 rings (SSSR count). The number of nitrogens with zero attached hydrogens (tertiary/aromatic N) is 1. The molecule has 0 unspecified atom stereocenters. The normalized spacial score (nSPS) is 25.6. The Hall–Kier alpha value is -1.43. The zero-order valence-corrected chi connectivity index (χ0v) is 12.7. The quantitative estimate of drug-likeness (QED) is 0.695. The predicted octanol–water partition coefficient (Wildman–Crippen LogP) is 0.678. The van der Waals surface area contributed by atoms with Gasteiger partial charge in [-0.25, -0.2) is 5.43 Å². The summed E-state index contributed by atoms with van der Waals surface area (Å²) in [5.41, 5.74) is 2.75. The van der Waals surface area contributed by atoms with E-state index in [1.807, 2.05) is 0 Å². The second-order valence-electron chi connectivity index (χ2n) is 7.06. The molecule has 2 aliphatic heterocycles. The fourth-order valence-corrected chi connectivity index (χ4v) is 3.33. The fraction of sp³-hybridized carbons (Fsp3) is 0.786. The van der Waals surface area contributed by atoms with Gasteiger partial charge in [0.1, 0.15) is 5.71 Å². The summed E-state index contributed by atoms with van der Waals surface area (Å²) in [6.07, 6.45) is 2.49. The van der Waals surface area contributed by atoms with E-state index in [9.17, 15) is 9.59 Å². The highest BCUT2D eigenvalue weighted by Crippen LogP contribution is 2.28. The van der Waals surface area contributed by atoms with Gasteiger partial charge in [-0.15, -0.1) is 0 Å². The molecule has 6 heteroatoms. The first-order chi connectivity index (χ1) is 9.17. The first kappa shape index (κ1) is 15.0. The molecule has 1 fully saturated rings. The molecule has 20 heavy (non-hydrogen) atoms. The molecule has 0 aromatic rings. The van der Waals surface area contributed by atoms with Crippen LogP contribution in [0.2, 0.25) is 0 Å². The number of hydrogen-bond donors (Lipinski definition) is 3. The molecule has 1 saturated heterocycles. The van der Waals surface area contributed by atoms with Crippen molar-refractivity contribution >= 4 is 17.5 Å². The second kappa shape index (κ2) is 5.16. The molecule has 0 aromatic heterocycles. The minimum atomic E-state index is -0.163. The summed E-state index contributed by atoms with van der Waals surface area (Å²) in [6.45, 7) is 8.58. The number of carbonyl (C=O) groups is 2. The Morgan fingerprint density at radius 3 is 2.30 bits per heavy atom. The van der Waals surface area contributed by atoms with E-state index in [0.717, 1.165) is 12.8 Å². The lowest BCUT2D eigenvalue weighted by molar-refractivity contribution is -0.121. The molecule has 2 aliphatic rings. The zero-order chi connectivity index (χ0) is 15.0. The van der Waals surface area contributed by atoms with Crippen LogP contribution in [0.3, 0.4) is 0 Å². The smallest absolute Gasteiger partial charge is 0.267 e. The highest BCUT2D eigenvalue weighted by Gasteiger charge is 2.38. The average Bonchev–Trinajstić information content (AvgIpc) is 2.25. The van der Waals surface area contributed by atoms with Gasteiger partial charge in [-0.1, -0.05) is 0 Å². The number of hydrazone groups is 1. The van der Waals surface area contributed by atoms with Crippen molar-refractivity contribution < 1.29 is 9.59 Å². The SMILES string of the molecule is CC1(C)CC(NC(=O)C2=NNC(=O)CC2)CC(C)(C)N1. The zero-order valence-electron chi connectivity index (χ0n) is 12.7. The van der Waals surface area contributed by atoms with Crippen LogP contribution in [-0.2, 0) is 9.59 Å². The number of hydrogen-bond acceptors (Lipinski definition) is 4. The highest BCUT2D eigenvalue weighted by atomic mass is 16.2. The van der Waals surface area contributed by atoms with Gasteiger partial charge in [-0.2, -0.15) is 5.10 Å². The maximum absolute atomic E-state index is 12.2. The van der Waals surface area contributed by atoms with Crippen LogP contribution in [0, 0.1) is 0 Å². The number of amides is 2. The summed E-state index contributed by atoms with van der Waals surface area (Å²) in [5.74, 6) is -0.297. The first-order valence-corrected chi connectivity index (χ1v) is 7.12. The van der Waals surface area contributed by atoms with Gasteiger partial charge in [0.05, 0.1) is 0 Å². The molecule has 6 nitrogen and oxygen atoms in total. The fourth-order valence-electron chi connectivity index (χ4n) is 3.33. The molecular weight excluding hydrogens is 256 g/mol. The van der Waals surface area contributed by atoms with Crippen molar-refractivity contribution in [2.45, 2.75) is 70.5 Å². The maximum Gasteiger partial charge on any atom is 0.267 e. The summed E-state index contributed by atoms with van der Waals surface area (Å²) in [5, 5.41) is 10.5. The first-order valence-electron chi connectivity index (χ1n) is 7.12. The number of piperidine rings is 1. The van der Waals surface area contributed by atoms with Gasteiger partial charge in [0.2, 0.25) is 5.91 Å². The van der Waals surface area contributed by atoms with Crippen LogP contribution in [-0.4, -0.2) is 34.6 Å². The number of nitrogens with one attached hydrogen (secondary N) is 3. The Labute approximate surface area is 119 Å². The summed E-state index contributed by atoms with van der Waals surface area (Å²) in [6, 6.07) is 0.120. The maximum atomic E-state index is 12.2. The molecule has 0 bridgehead atoms.